The van der Waals surface area contributed by atoms with Crippen LogP contribution in [0, 0.1) is 22.2 Å². The van der Waals surface area contributed by atoms with Crippen LogP contribution in [-0.2, 0) is 17.7 Å². The van der Waals surface area contributed by atoms with Gasteiger partial charge in [0.1, 0.15) is 36.2 Å². The highest BCUT2D eigenvalue weighted by molar-refractivity contribution is 6.31. The van der Waals surface area contributed by atoms with E-state index in [4.69, 9.17) is 46.6 Å². The topological polar surface area (TPSA) is 193 Å². The molecule has 1 atom stereocenters. The van der Waals surface area contributed by atoms with Gasteiger partial charge in [-0.1, -0.05) is 52.3 Å². The van der Waals surface area contributed by atoms with Crippen molar-refractivity contribution >= 4 is 40.7 Å². The van der Waals surface area contributed by atoms with Gasteiger partial charge in [0.05, 0.1) is 35.1 Å². The van der Waals surface area contributed by atoms with E-state index < -0.39 is 5.91 Å². The van der Waals surface area contributed by atoms with Gasteiger partial charge in [-0.25, -0.2) is 19.9 Å². The number of fused-ring (bicyclic) bond motifs is 1. The zero-order valence-corrected chi connectivity index (χ0v) is 38.7. The lowest BCUT2D eigenvalue weighted by Gasteiger charge is -2.66. The third kappa shape index (κ3) is 9.50. The molecule has 0 bridgehead atoms. The van der Waals surface area contributed by atoms with Crippen LogP contribution in [0.3, 0.4) is 0 Å². The lowest BCUT2D eigenvalue weighted by atomic mass is 9.48. The molecule has 4 aromatic heterocycles. The average Bonchev–Trinajstić information content (AvgIpc) is 3.73. The van der Waals surface area contributed by atoms with Crippen molar-refractivity contribution < 1.29 is 24.1 Å². The Morgan fingerprint density at radius 2 is 1.75 bits per heavy atom. The van der Waals surface area contributed by atoms with Crippen LogP contribution in [0.1, 0.15) is 100 Å². The van der Waals surface area contributed by atoms with E-state index in [0.717, 1.165) is 86.6 Å². The van der Waals surface area contributed by atoms with Crippen LogP contribution in [0.5, 0.6) is 11.6 Å². The van der Waals surface area contributed by atoms with Crippen molar-refractivity contribution in [1.82, 2.24) is 29.5 Å². The minimum absolute atomic E-state index is 0.0500. The first-order chi connectivity index (χ1) is 31.3. The molecule has 3 N–H and O–H groups in total. The molecule has 344 valence electrons. The number of aryl methyl sites for hydroxylation is 1. The monoisotopic (exact) mass is 905 g/mol. The molecule has 3 aliphatic rings. The number of benzene rings is 1. The van der Waals surface area contributed by atoms with Crippen LogP contribution in [0.25, 0.3) is 5.65 Å². The Labute approximate surface area is 385 Å². The Morgan fingerprint density at radius 3 is 2.42 bits per heavy atom. The van der Waals surface area contributed by atoms with E-state index in [1.165, 1.54) is 12.4 Å². The Bertz CT molecular complexity index is 2470. The normalized spacial score (nSPS) is 20.6. The molecule has 16 nitrogen and oxygen atoms in total. The number of primary amides is 1. The van der Waals surface area contributed by atoms with Crippen molar-refractivity contribution in [2.24, 2.45) is 16.6 Å². The highest BCUT2D eigenvalue weighted by Crippen LogP contribution is 2.59. The molecule has 3 fully saturated rings. The van der Waals surface area contributed by atoms with Gasteiger partial charge in [-0.3, -0.25) is 4.79 Å². The van der Waals surface area contributed by atoms with Gasteiger partial charge in [0, 0.05) is 98.1 Å². The standard InChI is InChI=1S/C48H60ClN11O5/c1-6-32-29-55-60-41(24-39(56-43(32)60)58-17-8-7-9-35(58)16-20-61)59(44-47(2,3)45(48(44,4)5)65-37-12-11-33(25-50)38(49)23-37)30-31-10-13-40(52-26-31)64-22-21-63-36-14-18-57(19-15-36)46-53-27-34(28-54-46)42(51)62/h10-13,23-24,26-29,35-36,44-45,61H,6-9,14-22,30H2,1-5H3,(H2,51,62)/t35-,44?,45?/m0/s1. The number of nitriles is 1. The van der Waals surface area contributed by atoms with Crippen LogP contribution in [0.4, 0.5) is 17.6 Å². The molecule has 2 aliphatic heterocycles. The molecule has 0 unspecified atom stereocenters. The Balaban J connectivity index is 1.01. The smallest absolute Gasteiger partial charge is 0.251 e. The largest absolute Gasteiger partial charge is 0.489 e. The second-order valence-electron chi connectivity index (χ2n) is 18.6. The average molecular weight is 907 g/mol. The summed E-state index contributed by atoms with van der Waals surface area (Å²) in [6.07, 6.45) is 12.9. The number of amides is 1. The maximum absolute atomic E-state index is 11.4. The molecule has 0 spiro atoms. The molecule has 6 heterocycles. The number of nitrogens with zero attached hydrogens (tertiary/aromatic N) is 10. The quantitative estimate of drug-likeness (QED) is 0.0926. The van der Waals surface area contributed by atoms with Crippen LogP contribution in [0.2, 0.25) is 5.02 Å². The lowest BCUT2D eigenvalue weighted by molar-refractivity contribution is -0.158. The van der Waals surface area contributed by atoms with Gasteiger partial charge in [-0.05, 0) is 62.6 Å². The number of aliphatic hydroxyl groups is 1. The van der Waals surface area contributed by atoms with Crippen molar-refractivity contribution in [2.45, 2.75) is 110 Å². The number of hydrogen-bond donors (Lipinski definition) is 2. The number of piperidine rings is 2. The molecule has 1 aromatic carbocycles. The van der Waals surface area contributed by atoms with Crippen LogP contribution < -0.4 is 29.9 Å². The van der Waals surface area contributed by atoms with Crippen molar-refractivity contribution in [3.05, 3.63) is 88.5 Å². The third-order valence-electron chi connectivity index (χ3n) is 13.4. The minimum atomic E-state index is -0.547. The first-order valence-corrected chi connectivity index (χ1v) is 23.1. The van der Waals surface area contributed by atoms with Gasteiger partial charge in [-0.2, -0.15) is 14.9 Å². The fourth-order valence-electron chi connectivity index (χ4n) is 10.6. The van der Waals surface area contributed by atoms with Gasteiger partial charge in [0.15, 0.2) is 5.65 Å². The summed E-state index contributed by atoms with van der Waals surface area (Å²) < 4.78 is 21.0. The summed E-state index contributed by atoms with van der Waals surface area (Å²) in [5.74, 6) is 2.97. The summed E-state index contributed by atoms with van der Waals surface area (Å²) in [7, 11) is 0. The second-order valence-corrected chi connectivity index (χ2v) is 19.0. The van der Waals surface area contributed by atoms with Crippen LogP contribution in [0.15, 0.2) is 61.2 Å². The lowest BCUT2D eigenvalue weighted by Crippen LogP contribution is -2.75. The van der Waals surface area contributed by atoms with E-state index in [1.807, 2.05) is 29.0 Å². The highest BCUT2D eigenvalue weighted by atomic mass is 35.5. The minimum Gasteiger partial charge on any atom is -0.489 e. The summed E-state index contributed by atoms with van der Waals surface area (Å²) in [5.41, 5.74) is 8.14. The number of ether oxygens (including phenoxy) is 3. The Kier molecular flexibility index (Phi) is 13.7. The Morgan fingerprint density at radius 1 is 0.985 bits per heavy atom. The molecule has 1 saturated carbocycles. The second kappa shape index (κ2) is 19.4. The maximum Gasteiger partial charge on any atom is 0.251 e. The number of rotatable bonds is 17. The molecular weight excluding hydrogens is 846 g/mol. The molecule has 1 aliphatic carbocycles. The van der Waals surface area contributed by atoms with E-state index in [0.29, 0.717) is 54.3 Å². The number of carbonyl (C=O) groups excluding carboxylic acids is 1. The number of halogens is 1. The molecule has 2 saturated heterocycles. The summed E-state index contributed by atoms with van der Waals surface area (Å²) in [6.45, 7) is 14.9. The number of aliphatic hydroxyl groups excluding tert-OH is 1. The fourth-order valence-corrected chi connectivity index (χ4v) is 10.8. The van der Waals surface area contributed by atoms with Gasteiger partial charge in [-0.15, -0.1) is 0 Å². The van der Waals surface area contributed by atoms with Crippen molar-refractivity contribution in [3.8, 4) is 17.7 Å². The number of nitrogens with two attached hydrogens (primary N) is 1. The summed E-state index contributed by atoms with van der Waals surface area (Å²) in [4.78, 5) is 36.9. The maximum atomic E-state index is 11.4. The summed E-state index contributed by atoms with van der Waals surface area (Å²) >= 11 is 6.48. The third-order valence-corrected chi connectivity index (χ3v) is 13.8. The van der Waals surface area contributed by atoms with E-state index in [9.17, 15) is 15.2 Å². The van der Waals surface area contributed by atoms with Gasteiger partial charge in [0.2, 0.25) is 11.8 Å². The van der Waals surface area contributed by atoms with E-state index >= 15 is 0 Å². The molecule has 65 heavy (non-hydrogen) atoms. The first kappa shape index (κ1) is 45.8. The number of carbonyl (C=O) groups is 1. The number of hydrogen-bond acceptors (Lipinski definition) is 14. The van der Waals surface area contributed by atoms with E-state index in [2.05, 4.69) is 77.5 Å². The molecule has 5 aromatic rings. The SMILES string of the molecule is CCc1cnn2c(N(Cc3ccc(OCCOC4CCN(c5ncc(C(N)=O)cn5)CC4)nc3)C3C(C)(C)C(Oc4ccc(C#N)c(Cl)c4)C3(C)C)cc(N3CCCC[C@H]3CCO)nc12. The number of aromatic nitrogens is 6. The van der Waals surface area contributed by atoms with Crippen molar-refractivity contribution in [1.29, 1.82) is 5.26 Å². The zero-order chi connectivity index (χ0) is 45.9. The van der Waals surface area contributed by atoms with Gasteiger partial charge in [0.25, 0.3) is 5.91 Å². The molecule has 0 radical (unpaired) electrons. The van der Waals surface area contributed by atoms with E-state index in [-0.39, 0.29) is 47.3 Å². The highest BCUT2D eigenvalue weighted by Gasteiger charge is 2.66. The van der Waals surface area contributed by atoms with Gasteiger partial charge >= 0.3 is 0 Å². The van der Waals surface area contributed by atoms with Crippen molar-refractivity contribution in [2.75, 3.05) is 54.2 Å². The Hall–Kier alpha value is -5.76. The van der Waals surface area contributed by atoms with Crippen LogP contribution >= 0.6 is 11.6 Å². The first-order valence-electron chi connectivity index (χ1n) is 22.8. The molecule has 17 heteroatoms. The predicted molar refractivity (Wildman–Crippen MR) is 249 cm³/mol. The fraction of sp³-hybridized carbons (Fsp3) is 0.521. The summed E-state index contributed by atoms with van der Waals surface area (Å²) in [5, 5.41) is 24.9. The van der Waals surface area contributed by atoms with E-state index in [1.54, 1.807) is 12.1 Å². The number of anilines is 3. The molecular formula is C48H60ClN11O5. The molecule has 1 amide bonds. The molecule has 8 rings (SSSR count). The number of pyridine rings is 1. The summed E-state index contributed by atoms with van der Waals surface area (Å²) in [6, 6.07) is 13.7. The predicted octanol–water partition coefficient (Wildman–Crippen LogP) is 6.80. The van der Waals surface area contributed by atoms with Crippen molar-refractivity contribution in [3.63, 3.8) is 0 Å². The zero-order valence-electron chi connectivity index (χ0n) is 38.0. The van der Waals surface area contributed by atoms with Crippen LogP contribution in [-0.4, -0.2) is 104 Å². The van der Waals surface area contributed by atoms with Gasteiger partial charge < -0.3 is 39.8 Å².